The van der Waals surface area contributed by atoms with E-state index in [0.29, 0.717) is 43.1 Å². The first kappa shape index (κ1) is 24.7. The standard InChI is InChI=1S/C25H24F4N6O2S/c26-19-5-6-20-15(7-10-37-20)17(19)12-31-24-32-13-18(16-4-3-8-30-22(16)25(27,28)29)21-23(33-14-35(21)24)38(36)11-2-1-9-34-38/h3-6,8,13-14,38H,1-2,7,9-12H2,(H,31,32)(H,34,36). The zero-order chi connectivity index (χ0) is 26.5. The van der Waals surface area contributed by atoms with Gasteiger partial charge in [0, 0.05) is 59.9 Å². The maximum atomic E-state index is 14.7. The number of benzene rings is 1. The summed E-state index contributed by atoms with van der Waals surface area (Å²) in [6.45, 7) is 1.04. The van der Waals surface area contributed by atoms with Gasteiger partial charge in [-0.1, -0.05) is 6.07 Å². The number of hydrogen-bond donors (Lipinski definition) is 3. The van der Waals surface area contributed by atoms with Crippen molar-refractivity contribution in [2.75, 3.05) is 24.2 Å². The number of alkyl halides is 3. The highest BCUT2D eigenvalue weighted by molar-refractivity contribution is 8.01. The van der Waals surface area contributed by atoms with Crippen LogP contribution in [0, 0.1) is 5.82 Å². The molecule has 0 aliphatic carbocycles. The number of rotatable bonds is 5. The van der Waals surface area contributed by atoms with Gasteiger partial charge in [0.15, 0.2) is 5.69 Å². The van der Waals surface area contributed by atoms with Crippen molar-refractivity contribution in [2.45, 2.75) is 37.0 Å². The maximum absolute atomic E-state index is 14.7. The Morgan fingerprint density at radius 3 is 2.79 bits per heavy atom. The van der Waals surface area contributed by atoms with Crippen LogP contribution in [-0.4, -0.2) is 42.5 Å². The summed E-state index contributed by atoms with van der Waals surface area (Å²) >= 11 is 0. The zero-order valence-electron chi connectivity index (χ0n) is 20.1. The maximum Gasteiger partial charge on any atom is 0.433 e. The molecule has 6 rings (SSSR count). The molecule has 1 aromatic carbocycles. The second-order valence-corrected chi connectivity index (χ2v) is 11.9. The van der Waals surface area contributed by atoms with Gasteiger partial charge >= 0.3 is 6.18 Å². The summed E-state index contributed by atoms with van der Waals surface area (Å²) in [4.78, 5) is 12.4. The molecule has 8 nitrogen and oxygen atoms in total. The van der Waals surface area contributed by atoms with Crippen LogP contribution in [0.1, 0.15) is 29.7 Å². The van der Waals surface area contributed by atoms with Gasteiger partial charge in [0.25, 0.3) is 0 Å². The monoisotopic (exact) mass is 548 g/mol. The Morgan fingerprint density at radius 1 is 1.13 bits per heavy atom. The summed E-state index contributed by atoms with van der Waals surface area (Å²) < 4.78 is 80.4. The number of nitrogens with zero attached hydrogens (tertiary/aromatic N) is 4. The predicted molar refractivity (Wildman–Crippen MR) is 134 cm³/mol. The van der Waals surface area contributed by atoms with E-state index in [1.165, 1.54) is 35.1 Å². The highest BCUT2D eigenvalue weighted by atomic mass is 32.3. The van der Waals surface area contributed by atoms with Gasteiger partial charge in [-0.05, 0) is 41.2 Å². The van der Waals surface area contributed by atoms with Crippen LogP contribution in [0.3, 0.4) is 0 Å². The summed E-state index contributed by atoms with van der Waals surface area (Å²) in [6, 6.07) is 5.65. The average molecular weight is 549 g/mol. The van der Waals surface area contributed by atoms with Crippen molar-refractivity contribution in [1.29, 1.82) is 0 Å². The van der Waals surface area contributed by atoms with Gasteiger partial charge in [-0.15, -0.1) is 0 Å². The molecule has 0 saturated carbocycles. The van der Waals surface area contributed by atoms with E-state index in [1.54, 1.807) is 6.07 Å². The normalized spacial score (nSPS) is 17.7. The molecule has 1 fully saturated rings. The Labute approximate surface area is 216 Å². The fourth-order valence-corrected chi connectivity index (χ4v) is 7.61. The Hall–Kier alpha value is -3.58. The van der Waals surface area contributed by atoms with Gasteiger partial charge in [0.05, 0.1) is 12.1 Å². The summed E-state index contributed by atoms with van der Waals surface area (Å²) in [5, 5.41) is 3.28. The number of halogens is 4. The lowest BCUT2D eigenvalue weighted by Crippen LogP contribution is -2.39. The number of nitrogens with one attached hydrogen (secondary N) is 2. The molecule has 0 atom stereocenters. The van der Waals surface area contributed by atoms with Crippen LogP contribution in [0.4, 0.5) is 23.5 Å². The van der Waals surface area contributed by atoms with E-state index in [0.717, 1.165) is 18.2 Å². The minimum absolute atomic E-state index is 0.0595. The molecular formula is C25H24F4N6O2S. The summed E-state index contributed by atoms with van der Waals surface area (Å²) in [6.07, 6.45) is 1.15. The molecule has 0 amide bonds. The quantitative estimate of drug-likeness (QED) is 0.256. The predicted octanol–water partition coefficient (Wildman–Crippen LogP) is 4.17. The lowest BCUT2D eigenvalue weighted by molar-refractivity contribution is -0.140. The molecule has 1 saturated heterocycles. The number of pyridine rings is 1. The number of hydrogen-bond acceptors (Lipinski definition) is 6. The van der Waals surface area contributed by atoms with E-state index in [1.807, 2.05) is 0 Å². The number of anilines is 1. The summed E-state index contributed by atoms with van der Waals surface area (Å²) in [7, 11) is -3.20. The Kier molecular flexibility index (Phi) is 6.06. The van der Waals surface area contributed by atoms with Crippen LogP contribution >= 0.6 is 0 Å². The first-order valence-electron chi connectivity index (χ1n) is 12.2. The van der Waals surface area contributed by atoms with Gasteiger partial charge < -0.3 is 10.1 Å². The van der Waals surface area contributed by atoms with Crippen LogP contribution in [-0.2, 0) is 29.3 Å². The highest BCUT2D eigenvalue weighted by Crippen LogP contribution is 2.39. The molecule has 3 aromatic heterocycles. The SMILES string of the molecule is O=[SH]1(c2ncn3c(NCc4c(F)ccc5c4CCO5)ncc(-c4cccnc4C(F)(F)F)c23)CCCCN1. The van der Waals surface area contributed by atoms with Crippen molar-refractivity contribution in [3.63, 3.8) is 0 Å². The molecule has 2 aliphatic rings. The second kappa shape index (κ2) is 9.31. The van der Waals surface area contributed by atoms with E-state index in [4.69, 9.17) is 4.74 Å². The van der Waals surface area contributed by atoms with E-state index >= 15 is 0 Å². The smallest absolute Gasteiger partial charge is 0.433 e. The molecule has 200 valence electrons. The lowest BCUT2D eigenvalue weighted by atomic mass is 10.0. The Bertz CT molecular complexity index is 1580. The molecule has 2 aliphatic heterocycles. The summed E-state index contributed by atoms with van der Waals surface area (Å²) in [5.74, 6) is 0.783. The minimum atomic E-state index is -4.72. The molecule has 0 spiro atoms. The van der Waals surface area contributed by atoms with Crippen molar-refractivity contribution >= 4 is 21.6 Å². The van der Waals surface area contributed by atoms with Crippen molar-refractivity contribution in [2.24, 2.45) is 0 Å². The second-order valence-electron chi connectivity index (χ2n) is 9.21. The van der Waals surface area contributed by atoms with Crippen LogP contribution in [0.5, 0.6) is 5.75 Å². The number of fused-ring (bicyclic) bond motifs is 2. The largest absolute Gasteiger partial charge is 0.493 e. The van der Waals surface area contributed by atoms with Crippen molar-refractivity contribution in [1.82, 2.24) is 24.1 Å². The molecule has 2 N–H and O–H groups in total. The van der Waals surface area contributed by atoms with Crippen molar-refractivity contribution in [3.8, 4) is 16.9 Å². The fourth-order valence-electron chi connectivity index (χ4n) is 5.09. The van der Waals surface area contributed by atoms with Gasteiger partial charge in [-0.2, -0.15) is 13.2 Å². The molecule has 0 radical (unpaired) electrons. The fraction of sp³-hybridized carbons (Fsp3) is 0.320. The summed E-state index contributed by atoms with van der Waals surface area (Å²) in [5.41, 5.74) is 0.254. The van der Waals surface area contributed by atoms with Crippen molar-refractivity contribution < 1.29 is 26.5 Å². The van der Waals surface area contributed by atoms with Gasteiger partial charge in [-0.25, -0.2) is 14.4 Å². The minimum Gasteiger partial charge on any atom is -0.493 e. The number of thiol groups is 1. The molecule has 13 heteroatoms. The first-order chi connectivity index (χ1) is 18.3. The van der Waals surface area contributed by atoms with E-state index < -0.39 is 27.8 Å². The third-order valence-corrected chi connectivity index (χ3v) is 9.58. The zero-order valence-corrected chi connectivity index (χ0v) is 21.0. The molecular weight excluding hydrogens is 524 g/mol. The van der Waals surface area contributed by atoms with Crippen LogP contribution in [0.2, 0.25) is 0 Å². The third-order valence-electron chi connectivity index (χ3n) is 6.89. The van der Waals surface area contributed by atoms with E-state index in [9.17, 15) is 21.8 Å². The Morgan fingerprint density at radius 2 is 2.00 bits per heavy atom. The molecule has 0 bridgehead atoms. The topological polar surface area (TPSA) is 93.4 Å². The van der Waals surface area contributed by atoms with Gasteiger partial charge in [0.1, 0.15) is 22.9 Å². The van der Waals surface area contributed by atoms with Gasteiger partial charge in [-0.3, -0.25) is 18.3 Å². The van der Waals surface area contributed by atoms with Crippen LogP contribution in [0.15, 0.2) is 48.0 Å². The Balaban J connectivity index is 1.50. The lowest BCUT2D eigenvalue weighted by Gasteiger charge is -2.28. The number of imidazole rings is 1. The molecule has 0 unspecified atom stereocenters. The first-order valence-corrected chi connectivity index (χ1v) is 14.1. The average Bonchev–Trinajstić information content (AvgIpc) is 3.56. The number of ether oxygens (including phenoxy) is 1. The molecule has 5 heterocycles. The van der Waals surface area contributed by atoms with Crippen molar-refractivity contribution in [3.05, 3.63) is 65.6 Å². The molecule has 38 heavy (non-hydrogen) atoms. The van der Waals surface area contributed by atoms with E-state index in [2.05, 4.69) is 25.0 Å². The van der Waals surface area contributed by atoms with Crippen LogP contribution in [0.25, 0.3) is 16.6 Å². The molecule has 4 aromatic rings. The highest BCUT2D eigenvalue weighted by Gasteiger charge is 2.37. The van der Waals surface area contributed by atoms with E-state index in [-0.39, 0.29) is 34.2 Å². The van der Waals surface area contributed by atoms with Gasteiger partial charge in [0.2, 0.25) is 5.95 Å². The third kappa shape index (κ3) is 4.19. The number of aromatic nitrogens is 4. The van der Waals surface area contributed by atoms with Crippen LogP contribution < -0.4 is 14.8 Å².